The Morgan fingerprint density at radius 2 is 1.79 bits per heavy atom. The molecule has 24 heavy (non-hydrogen) atoms. The van der Waals surface area contributed by atoms with E-state index >= 15 is 0 Å². The molecule has 132 valence electrons. The predicted octanol–water partition coefficient (Wildman–Crippen LogP) is 2.94. The maximum absolute atomic E-state index is 12.1. The molecular weight excluding hydrogens is 300 g/mol. The van der Waals surface area contributed by atoms with Gasteiger partial charge in [0.05, 0.1) is 6.54 Å². The van der Waals surface area contributed by atoms with Gasteiger partial charge in [0.25, 0.3) is 0 Å². The van der Waals surface area contributed by atoms with Gasteiger partial charge in [0, 0.05) is 25.2 Å². The number of carbonyl (C=O) groups is 1. The van der Waals surface area contributed by atoms with Gasteiger partial charge in [-0.1, -0.05) is 32.0 Å². The average Bonchev–Trinajstić information content (AvgIpc) is 2.62. The minimum atomic E-state index is 0.189. The number of anilines is 1. The van der Waals surface area contributed by atoms with Crippen LogP contribution in [-0.2, 0) is 17.6 Å². The lowest BCUT2D eigenvalue weighted by molar-refractivity contribution is -0.131. The molecule has 1 saturated heterocycles. The molecule has 5 nitrogen and oxygen atoms in total. The zero-order valence-electron chi connectivity index (χ0n) is 15.0. The van der Waals surface area contributed by atoms with Gasteiger partial charge in [-0.25, -0.2) is 0 Å². The molecule has 1 aromatic rings. The number of nitrogens with two attached hydrogens (primary N) is 1. The monoisotopic (exact) mass is 330 g/mol. The van der Waals surface area contributed by atoms with Crippen LogP contribution in [0.2, 0.25) is 0 Å². The van der Waals surface area contributed by atoms with Crippen molar-refractivity contribution in [3.63, 3.8) is 0 Å². The van der Waals surface area contributed by atoms with Crippen LogP contribution in [0.25, 0.3) is 0 Å². The van der Waals surface area contributed by atoms with Crippen molar-refractivity contribution in [3.05, 3.63) is 29.3 Å². The molecule has 0 spiro atoms. The number of amides is 1. The van der Waals surface area contributed by atoms with E-state index in [2.05, 4.69) is 42.4 Å². The molecule has 1 aliphatic heterocycles. The third-order valence-corrected chi connectivity index (χ3v) is 4.57. The lowest BCUT2D eigenvalue weighted by atomic mass is 10.0. The van der Waals surface area contributed by atoms with Gasteiger partial charge < -0.3 is 16.0 Å². The molecule has 0 aromatic heterocycles. The van der Waals surface area contributed by atoms with E-state index in [-0.39, 0.29) is 5.91 Å². The van der Waals surface area contributed by atoms with Gasteiger partial charge in [0.1, 0.15) is 0 Å². The van der Waals surface area contributed by atoms with Crippen molar-refractivity contribution < 1.29 is 4.79 Å². The highest BCUT2D eigenvalue weighted by Gasteiger charge is 2.15. The third-order valence-electron chi connectivity index (χ3n) is 4.57. The van der Waals surface area contributed by atoms with E-state index in [1.807, 2.05) is 4.90 Å². The Morgan fingerprint density at radius 3 is 2.38 bits per heavy atom. The highest BCUT2D eigenvalue weighted by molar-refractivity contribution is 5.94. The smallest absolute Gasteiger partial charge is 0.224 e. The number of aryl methyl sites for hydroxylation is 2. The lowest BCUT2D eigenvalue weighted by Gasteiger charge is -2.26. The number of benzene rings is 1. The Labute approximate surface area is 145 Å². The fourth-order valence-electron chi connectivity index (χ4n) is 3.14. The molecular formula is C19H30N4O. The lowest BCUT2D eigenvalue weighted by Crippen LogP contribution is -2.36. The maximum atomic E-state index is 12.1. The fourth-order valence-corrected chi connectivity index (χ4v) is 3.14. The molecule has 5 heteroatoms. The molecule has 1 amide bonds. The van der Waals surface area contributed by atoms with Gasteiger partial charge in [-0.2, -0.15) is 0 Å². The number of hydrogen-bond donors (Lipinski definition) is 2. The summed E-state index contributed by atoms with van der Waals surface area (Å²) in [6, 6.07) is 6.29. The maximum Gasteiger partial charge on any atom is 0.224 e. The first-order chi connectivity index (χ1) is 11.7. The van der Waals surface area contributed by atoms with Crippen LogP contribution >= 0.6 is 0 Å². The zero-order valence-corrected chi connectivity index (χ0v) is 15.0. The summed E-state index contributed by atoms with van der Waals surface area (Å²) >= 11 is 0. The number of guanidine groups is 1. The molecule has 0 bridgehead atoms. The second-order valence-corrected chi connectivity index (χ2v) is 6.24. The van der Waals surface area contributed by atoms with Gasteiger partial charge in [-0.15, -0.1) is 0 Å². The molecule has 1 heterocycles. The van der Waals surface area contributed by atoms with Gasteiger partial charge >= 0.3 is 0 Å². The average molecular weight is 330 g/mol. The van der Waals surface area contributed by atoms with E-state index in [0.717, 1.165) is 44.5 Å². The van der Waals surface area contributed by atoms with Crippen LogP contribution in [0.1, 0.15) is 50.7 Å². The Bertz CT molecular complexity index is 554. The quantitative estimate of drug-likeness (QED) is 0.622. The van der Waals surface area contributed by atoms with Gasteiger partial charge in [0.15, 0.2) is 5.96 Å². The van der Waals surface area contributed by atoms with Crippen LogP contribution < -0.4 is 11.1 Å². The summed E-state index contributed by atoms with van der Waals surface area (Å²) in [7, 11) is 0. The summed E-state index contributed by atoms with van der Waals surface area (Å²) in [4.78, 5) is 18.4. The Hall–Kier alpha value is -2.04. The second kappa shape index (κ2) is 9.30. The van der Waals surface area contributed by atoms with Crippen LogP contribution in [0.15, 0.2) is 23.2 Å². The third kappa shape index (κ3) is 4.98. The molecule has 0 aliphatic carbocycles. The van der Waals surface area contributed by atoms with Crippen molar-refractivity contribution in [2.45, 2.75) is 52.4 Å². The van der Waals surface area contributed by atoms with Gasteiger partial charge in [-0.3, -0.25) is 9.79 Å². The Morgan fingerprint density at radius 1 is 1.17 bits per heavy atom. The number of aliphatic imine (C=N–C) groups is 1. The van der Waals surface area contributed by atoms with E-state index < -0.39 is 0 Å². The van der Waals surface area contributed by atoms with Crippen molar-refractivity contribution >= 4 is 17.6 Å². The summed E-state index contributed by atoms with van der Waals surface area (Å²) in [5.74, 6) is 0.575. The van der Waals surface area contributed by atoms with E-state index in [0.29, 0.717) is 18.9 Å². The summed E-state index contributed by atoms with van der Waals surface area (Å²) in [5.41, 5.74) is 9.56. The first-order valence-corrected chi connectivity index (χ1v) is 9.11. The van der Waals surface area contributed by atoms with Crippen molar-refractivity contribution in [2.24, 2.45) is 10.7 Å². The molecule has 1 aliphatic rings. The minimum Gasteiger partial charge on any atom is -0.370 e. The first-order valence-electron chi connectivity index (χ1n) is 9.11. The summed E-state index contributed by atoms with van der Waals surface area (Å²) in [6.07, 6.45) is 5.78. The van der Waals surface area contributed by atoms with Crippen LogP contribution in [0.5, 0.6) is 0 Å². The number of nitrogens with zero attached hydrogens (tertiary/aromatic N) is 2. The van der Waals surface area contributed by atoms with Crippen LogP contribution in [-0.4, -0.2) is 36.4 Å². The van der Waals surface area contributed by atoms with E-state index in [1.54, 1.807) is 0 Å². The summed E-state index contributed by atoms with van der Waals surface area (Å²) in [5, 5.41) is 3.24. The molecule has 1 aromatic carbocycles. The molecule has 3 N–H and O–H groups in total. The molecule has 0 radical (unpaired) electrons. The van der Waals surface area contributed by atoms with E-state index in [1.165, 1.54) is 17.5 Å². The highest BCUT2D eigenvalue weighted by atomic mass is 16.2. The van der Waals surface area contributed by atoms with Crippen molar-refractivity contribution in [1.29, 1.82) is 0 Å². The number of para-hydroxylation sites is 1. The van der Waals surface area contributed by atoms with Gasteiger partial charge in [-0.05, 0) is 43.2 Å². The number of piperidine rings is 1. The fraction of sp³-hybridized carbons (Fsp3) is 0.579. The largest absolute Gasteiger partial charge is 0.370 e. The normalized spacial score (nSPS) is 15.4. The molecule has 1 fully saturated rings. The standard InChI is InChI=1S/C19H30N4O/c1-3-15-9-8-10-16(4-2)18(15)22-19(20)21-12-11-17(24)23-13-6-5-7-14-23/h8-10H,3-7,11-14H2,1-2H3,(H3,20,21,22). The minimum absolute atomic E-state index is 0.189. The van der Waals surface area contributed by atoms with E-state index in [4.69, 9.17) is 5.73 Å². The number of rotatable bonds is 6. The van der Waals surface area contributed by atoms with E-state index in [9.17, 15) is 4.79 Å². The van der Waals surface area contributed by atoms with Crippen molar-refractivity contribution in [1.82, 2.24) is 4.90 Å². The number of nitrogens with one attached hydrogen (secondary N) is 1. The summed E-state index contributed by atoms with van der Waals surface area (Å²) in [6.45, 7) is 6.47. The zero-order chi connectivity index (χ0) is 17.4. The predicted molar refractivity (Wildman–Crippen MR) is 100 cm³/mol. The Kier molecular flexibility index (Phi) is 7.09. The summed E-state index contributed by atoms with van der Waals surface area (Å²) < 4.78 is 0. The Balaban J connectivity index is 1.91. The first kappa shape index (κ1) is 18.3. The second-order valence-electron chi connectivity index (χ2n) is 6.24. The van der Waals surface area contributed by atoms with Crippen molar-refractivity contribution in [3.8, 4) is 0 Å². The molecule has 0 atom stereocenters. The van der Waals surface area contributed by atoms with Gasteiger partial charge in [0.2, 0.25) is 5.91 Å². The molecule has 0 unspecified atom stereocenters. The molecule has 0 saturated carbocycles. The number of likely N-dealkylation sites (tertiary alicyclic amines) is 1. The van der Waals surface area contributed by atoms with Crippen LogP contribution in [0, 0.1) is 0 Å². The highest BCUT2D eigenvalue weighted by Crippen LogP contribution is 2.22. The van der Waals surface area contributed by atoms with Crippen molar-refractivity contribution in [2.75, 3.05) is 25.0 Å². The van der Waals surface area contributed by atoms with Crippen LogP contribution in [0.3, 0.4) is 0 Å². The molecule has 2 rings (SSSR count). The SMILES string of the molecule is CCc1cccc(CC)c1NC(N)=NCCC(=O)N1CCCCC1. The topological polar surface area (TPSA) is 70.7 Å². The number of hydrogen-bond acceptors (Lipinski definition) is 2. The number of carbonyl (C=O) groups excluding carboxylic acids is 1. The van der Waals surface area contributed by atoms with Crippen LogP contribution in [0.4, 0.5) is 5.69 Å².